The van der Waals surface area contributed by atoms with Crippen LogP contribution in [0.25, 0.3) is 0 Å². The number of hydrogen-bond acceptors (Lipinski definition) is 6. The molecule has 92 valence electrons. The van der Waals surface area contributed by atoms with Crippen LogP contribution in [0, 0.1) is 0 Å². The molecule has 1 aromatic rings. The maximum Gasteiger partial charge on any atom is 0.202 e. The van der Waals surface area contributed by atoms with Crippen molar-refractivity contribution in [2.75, 3.05) is 23.9 Å². The summed E-state index contributed by atoms with van der Waals surface area (Å²) in [5, 5.41) is 3.85. The third-order valence-corrected chi connectivity index (χ3v) is 3.65. The van der Waals surface area contributed by atoms with Crippen molar-refractivity contribution in [2.24, 2.45) is 0 Å². The molecule has 5 nitrogen and oxygen atoms in total. The van der Waals surface area contributed by atoms with Crippen LogP contribution in [0.3, 0.4) is 0 Å². The van der Waals surface area contributed by atoms with Gasteiger partial charge in [0.2, 0.25) is 5.13 Å². The Morgan fingerprint density at radius 2 is 2.19 bits per heavy atom. The van der Waals surface area contributed by atoms with E-state index in [1.54, 1.807) is 0 Å². The van der Waals surface area contributed by atoms with Crippen molar-refractivity contribution in [3.05, 3.63) is 5.82 Å². The van der Waals surface area contributed by atoms with Gasteiger partial charge in [0.15, 0.2) is 0 Å². The standard InChI is InChI=1S/C9H17N3O2S2/c1-3-5-8-11-9(15-12-8)10-6-4-7-16(2,13)14/h3-7H2,1-2H3,(H,10,11,12). The summed E-state index contributed by atoms with van der Waals surface area (Å²) >= 11 is 1.33. The van der Waals surface area contributed by atoms with Crippen molar-refractivity contribution in [1.29, 1.82) is 0 Å². The molecule has 1 heterocycles. The Hall–Kier alpha value is -0.690. The van der Waals surface area contributed by atoms with Crippen molar-refractivity contribution >= 4 is 26.5 Å². The summed E-state index contributed by atoms with van der Waals surface area (Å²) in [5.74, 6) is 1.07. The first-order chi connectivity index (χ1) is 7.51. The number of rotatable bonds is 7. The summed E-state index contributed by atoms with van der Waals surface area (Å²) in [5.41, 5.74) is 0. The van der Waals surface area contributed by atoms with Crippen LogP contribution < -0.4 is 5.32 Å². The van der Waals surface area contributed by atoms with Crippen LogP contribution in [-0.4, -0.2) is 36.3 Å². The van der Waals surface area contributed by atoms with Crippen LogP contribution in [0.5, 0.6) is 0 Å². The van der Waals surface area contributed by atoms with Crippen LogP contribution in [0.4, 0.5) is 5.13 Å². The zero-order valence-electron chi connectivity index (χ0n) is 9.56. The summed E-state index contributed by atoms with van der Waals surface area (Å²) in [4.78, 5) is 4.28. The highest BCUT2D eigenvalue weighted by Crippen LogP contribution is 2.11. The Bertz CT molecular complexity index is 414. The highest BCUT2D eigenvalue weighted by Gasteiger charge is 2.04. The Labute approximate surface area is 100 Å². The largest absolute Gasteiger partial charge is 0.360 e. The molecule has 1 rings (SSSR count). The lowest BCUT2D eigenvalue weighted by molar-refractivity contribution is 0.600. The molecule has 0 radical (unpaired) electrons. The van der Waals surface area contributed by atoms with Crippen LogP contribution >= 0.6 is 11.5 Å². The first-order valence-corrected chi connectivity index (χ1v) is 8.09. The maximum atomic E-state index is 10.9. The van der Waals surface area contributed by atoms with Gasteiger partial charge in [0.1, 0.15) is 15.7 Å². The molecule has 0 aromatic carbocycles. The topological polar surface area (TPSA) is 72.0 Å². The minimum Gasteiger partial charge on any atom is -0.360 e. The number of nitrogens with zero attached hydrogens (tertiary/aromatic N) is 2. The molecule has 0 fully saturated rings. The number of sulfone groups is 1. The lowest BCUT2D eigenvalue weighted by atomic mass is 10.3. The van der Waals surface area contributed by atoms with Crippen molar-refractivity contribution in [2.45, 2.75) is 26.2 Å². The van der Waals surface area contributed by atoms with E-state index in [0.29, 0.717) is 13.0 Å². The molecular weight excluding hydrogens is 246 g/mol. The second-order valence-electron chi connectivity index (χ2n) is 3.68. The van der Waals surface area contributed by atoms with Crippen molar-refractivity contribution in [1.82, 2.24) is 9.36 Å². The van der Waals surface area contributed by atoms with Gasteiger partial charge in [-0.1, -0.05) is 6.92 Å². The number of aryl methyl sites for hydroxylation is 1. The normalized spacial score (nSPS) is 11.6. The van der Waals surface area contributed by atoms with E-state index in [2.05, 4.69) is 21.6 Å². The van der Waals surface area contributed by atoms with Gasteiger partial charge in [-0.25, -0.2) is 13.4 Å². The summed E-state index contributed by atoms with van der Waals surface area (Å²) in [6, 6.07) is 0. The highest BCUT2D eigenvalue weighted by molar-refractivity contribution is 7.90. The number of anilines is 1. The molecule has 0 aliphatic rings. The quantitative estimate of drug-likeness (QED) is 0.752. The molecule has 1 N–H and O–H groups in total. The number of aromatic nitrogens is 2. The van der Waals surface area contributed by atoms with E-state index < -0.39 is 9.84 Å². The maximum absolute atomic E-state index is 10.9. The van der Waals surface area contributed by atoms with Gasteiger partial charge in [0.05, 0.1) is 5.75 Å². The zero-order chi connectivity index (χ0) is 12.0. The molecule has 0 spiro atoms. The fraction of sp³-hybridized carbons (Fsp3) is 0.778. The summed E-state index contributed by atoms with van der Waals surface area (Å²) in [6.07, 6.45) is 3.77. The molecule has 1 aromatic heterocycles. The Balaban J connectivity index is 2.26. The highest BCUT2D eigenvalue weighted by atomic mass is 32.2. The summed E-state index contributed by atoms with van der Waals surface area (Å²) in [6.45, 7) is 2.70. The van der Waals surface area contributed by atoms with Gasteiger partial charge in [0.25, 0.3) is 0 Å². The molecular formula is C9H17N3O2S2. The van der Waals surface area contributed by atoms with Crippen LogP contribution in [0.1, 0.15) is 25.6 Å². The van der Waals surface area contributed by atoms with Gasteiger partial charge < -0.3 is 5.32 Å². The molecule has 0 atom stereocenters. The second-order valence-corrected chi connectivity index (χ2v) is 6.69. The molecule has 0 aliphatic carbocycles. The third kappa shape index (κ3) is 5.41. The van der Waals surface area contributed by atoms with E-state index in [1.165, 1.54) is 17.8 Å². The van der Waals surface area contributed by atoms with Gasteiger partial charge in [-0.15, -0.1) is 0 Å². The number of nitrogens with one attached hydrogen (secondary N) is 1. The zero-order valence-corrected chi connectivity index (χ0v) is 11.2. The van der Waals surface area contributed by atoms with E-state index in [1.807, 2.05) is 0 Å². The predicted octanol–water partition coefficient (Wildman–Crippen LogP) is 1.34. The van der Waals surface area contributed by atoms with Crippen molar-refractivity contribution < 1.29 is 8.42 Å². The van der Waals surface area contributed by atoms with E-state index in [9.17, 15) is 8.42 Å². The van der Waals surface area contributed by atoms with Gasteiger partial charge in [-0.2, -0.15) is 4.37 Å². The minimum absolute atomic E-state index is 0.209. The Morgan fingerprint density at radius 3 is 2.81 bits per heavy atom. The van der Waals surface area contributed by atoms with Crippen molar-refractivity contribution in [3.63, 3.8) is 0 Å². The molecule has 0 amide bonds. The summed E-state index contributed by atoms with van der Waals surface area (Å²) < 4.78 is 25.9. The van der Waals surface area contributed by atoms with E-state index in [-0.39, 0.29) is 5.75 Å². The van der Waals surface area contributed by atoms with Crippen molar-refractivity contribution in [3.8, 4) is 0 Å². The van der Waals surface area contributed by atoms with E-state index in [4.69, 9.17) is 0 Å². The monoisotopic (exact) mass is 263 g/mol. The Kier molecular flexibility index (Phi) is 5.14. The molecule has 0 unspecified atom stereocenters. The lowest BCUT2D eigenvalue weighted by Gasteiger charge is -2.00. The van der Waals surface area contributed by atoms with Gasteiger partial charge in [-0.3, -0.25) is 0 Å². The minimum atomic E-state index is -2.85. The third-order valence-electron chi connectivity index (χ3n) is 1.91. The van der Waals surface area contributed by atoms with Gasteiger partial charge in [-0.05, 0) is 12.8 Å². The number of hydrogen-bond donors (Lipinski definition) is 1. The van der Waals surface area contributed by atoms with E-state index in [0.717, 1.165) is 23.8 Å². The molecule has 0 bridgehead atoms. The molecule has 0 aliphatic heterocycles. The van der Waals surface area contributed by atoms with E-state index >= 15 is 0 Å². The molecule has 0 saturated heterocycles. The lowest BCUT2D eigenvalue weighted by Crippen LogP contribution is -2.09. The average Bonchev–Trinajstić information content (AvgIpc) is 2.60. The Morgan fingerprint density at radius 1 is 1.44 bits per heavy atom. The van der Waals surface area contributed by atoms with Gasteiger partial charge in [0, 0.05) is 30.8 Å². The fourth-order valence-electron chi connectivity index (χ4n) is 1.18. The van der Waals surface area contributed by atoms with Crippen LogP contribution in [-0.2, 0) is 16.3 Å². The summed E-state index contributed by atoms with van der Waals surface area (Å²) in [7, 11) is -2.85. The SMILES string of the molecule is CCCc1nsc(NCCCS(C)(=O)=O)n1. The molecule has 16 heavy (non-hydrogen) atoms. The first-order valence-electron chi connectivity index (χ1n) is 5.25. The van der Waals surface area contributed by atoms with Gasteiger partial charge >= 0.3 is 0 Å². The second kappa shape index (κ2) is 6.15. The van der Waals surface area contributed by atoms with Crippen LogP contribution in [0.2, 0.25) is 0 Å². The average molecular weight is 263 g/mol. The molecule has 7 heteroatoms. The molecule has 0 saturated carbocycles. The smallest absolute Gasteiger partial charge is 0.202 e. The van der Waals surface area contributed by atoms with Crippen LogP contribution in [0.15, 0.2) is 0 Å². The first kappa shape index (κ1) is 13.4. The fourth-order valence-corrected chi connectivity index (χ4v) is 2.49. The predicted molar refractivity (Wildman–Crippen MR) is 66.7 cm³/mol.